The van der Waals surface area contributed by atoms with Crippen molar-refractivity contribution in [2.45, 2.75) is 0 Å². The molecule has 26 heavy (non-hydrogen) atoms. The smallest absolute Gasteiger partial charge is 0.251 e. The van der Waals surface area contributed by atoms with Crippen molar-refractivity contribution in [3.05, 3.63) is 59.1 Å². The van der Waals surface area contributed by atoms with Crippen LogP contribution in [-0.4, -0.2) is 57.2 Å². The quantitative estimate of drug-likeness (QED) is 0.845. The van der Waals surface area contributed by atoms with Crippen LogP contribution >= 0.6 is 11.6 Å². The van der Waals surface area contributed by atoms with Gasteiger partial charge in [-0.1, -0.05) is 11.6 Å². The minimum absolute atomic E-state index is 0.0487. The van der Waals surface area contributed by atoms with Crippen LogP contribution in [0.3, 0.4) is 0 Å². The van der Waals surface area contributed by atoms with Crippen LogP contribution in [0.4, 0.5) is 5.69 Å². The van der Waals surface area contributed by atoms with E-state index in [2.05, 4.69) is 27.2 Å². The second-order valence-corrected chi connectivity index (χ2v) is 6.73. The van der Waals surface area contributed by atoms with E-state index in [1.807, 2.05) is 12.1 Å². The topological polar surface area (TPSA) is 44.8 Å². The van der Waals surface area contributed by atoms with Crippen LogP contribution in [0.5, 0.6) is 5.75 Å². The zero-order valence-corrected chi connectivity index (χ0v) is 15.7. The zero-order valence-electron chi connectivity index (χ0n) is 15.0. The predicted molar refractivity (Wildman–Crippen MR) is 105 cm³/mol. The normalized spacial score (nSPS) is 14.9. The number of nitrogens with zero attached hydrogens (tertiary/aromatic N) is 2. The molecule has 0 spiro atoms. The van der Waals surface area contributed by atoms with Crippen molar-refractivity contribution < 1.29 is 9.53 Å². The molecule has 1 saturated heterocycles. The SMILES string of the molecule is COc1ccc(C(=O)NCCN2CCN(c3ccc(Cl)cc3)CC2)cc1. The summed E-state index contributed by atoms with van der Waals surface area (Å²) in [7, 11) is 1.61. The molecular formula is C20H24ClN3O2. The van der Waals surface area contributed by atoms with Gasteiger partial charge in [-0.25, -0.2) is 0 Å². The van der Waals surface area contributed by atoms with E-state index in [0.29, 0.717) is 12.1 Å². The molecule has 1 N–H and O–H groups in total. The summed E-state index contributed by atoms with van der Waals surface area (Å²) in [6, 6.07) is 15.1. The molecule has 0 unspecified atom stereocenters. The number of amides is 1. The number of rotatable bonds is 6. The van der Waals surface area contributed by atoms with Gasteiger partial charge in [-0.3, -0.25) is 9.69 Å². The fourth-order valence-corrected chi connectivity index (χ4v) is 3.18. The van der Waals surface area contributed by atoms with Gasteiger partial charge in [0.2, 0.25) is 0 Å². The van der Waals surface area contributed by atoms with Crippen LogP contribution in [0.15, 0.2) is 48.5 Å². The lowest BCUT2D eigenvalue weighted by Gasteiger charge is -2.36. The van der Waals surface area contributed by atoms with Crippen molar-refractivity contribution in [2.75, 3.05) is 51.3 Å². The molecular weight excluding hydrogens is 350 g/mol. The van der Waals surface area contributed by atoms with Crippen LogP contribution in [0, 0.1) is 0 Å². The monoisotopic (exact) mass is 373 g/mol. The summed E-state index contributed by atoms with van der Waals surface area (Å²) < 4.78 is 5.11. The van der Waals surface area contributed by atoms with Gasteiger partial charge in [0.05, 0.1) is 7.11 Å². The molecule has 1 heterocycles. The lowest BCUT2D eigenvalue weighted by atomic mass is 10.2. The second-order valence-electron chi connectivity index (χ2n) is 6.29. The molecule has 1 fully saturated rings. The fourth-order valence-electron chi connectivity index (χ4n) is 3.05. The molecule has 2 aromatic rings. The summed E-state index contributed by atoms with van der Waals surface area (Å²) in [5.41, 5.74) is 1.86. The average molecular weight is 374 g/mol. The molecule has 5 nitrogen and oxygen atoms in total. The molecule has 1 amide bonds. The van der Waals surface area contributed by atoms with Gasteiger partial charge < -0.3 is 15.0 Å². The Kier molecular flexibility index (Phi) is 6.36. The van der Waals surface area contributed by atoms with Gasteiger partial charge in [0.25, 0.3) is 5.91 Å². The van der Waals surface area contributed by atoms with E-state index < -0.39 is 0 Å². The second kappa shape index (κ2) is 8.92. The predicted octanol–water partition coefficient (Wildman–Crippen LogP) is 2.90. The number of halogens is 1. The first-order valence-electron chi connectivity index (χ1n) is 8.81. The minimum atomic E-state index is -0.0487. The summed E-state index contributed by atoms with van der Waals surface area (Å²) in [4.78, 5) is 16.9. The standard InChI is InChI=1S/C20H24ClN3O2/c1-26-19-8-2-16(3-9-19)20(25)22-10-11-23-12-14-24(15-13-23)18-6-4-17(21)5-7-18/h2-9H,10-15H2,1H3,(H,22,25). The largest absolute Gasteiger partial charge is 0.497 e. The van der Waals surface area contributed by atoms with Gasteiger partial charge in [-0.05, 0) is 48.5 Å². The third-order valence-corrected chi connectivity index (χ3v) is 4.88. The summed E-state index contributed by atoms with van der Waals surface area (Å²) in [6.07, 6.45) is 0. The Morgan fingerprint density at radius 1 is 1.04 bits per heavy atom. The molecule has 3 rings (SSSR count). The number of anilines is 1. The Bertz CT molecular complexity index is 711. The summed E-state index contributed by atoms with van der Waals surface area (Å²) >= 11 is 5.95. The number of nitrogens with one attached hydrogen (secondary N) is 1. The third-order valence-electron chi connectivity index (χ3n) is 4.63. The van der Waals surface area contributed by atoms with Crippen LogP contribution in [0.2, 0.25) is 5.02 Å². The average Bonchev–Trinajstić information content (AvgIpc) is 2.69. The van der Waals surface area contributed by atoms with Crippen LogP contribution in [-0.2, 0) is 0 Å². The van der Waals surface area contributed by atoms with Crippen molar-refractivity contribution in [1.82, 2.24) is 10.2 Å². The highest BCUT2D eigenvalue weighted by molar-refractivity contribution is 6.30. The van der Waals surface area contributed by atoms with Crippen molar-refractivity contribution in [3.63, 3.8) is 0 Å². The minimum Gasteiger partial charge on any atom is -0.497 e. The number of piperazine rings is 1. The Morgan fingerprint density at radius 3 is 2.31 bits per heavy atom. The van der Waals surface area contributed by atoms with Crippen LogP contribution in [0.25, 0.3) is 0 Å². The van der Waals surface area contributed by atoms with Crippen molar-refractivity contribution in [3.8, 4) is 5.75 Å². The van der Waals surface area contributed by atoms with E-state index in [0.717, 1.165) is 43.5 Å². The number of methoxy groups -OCH3 is 1. The van der Waals surface area contributed by atoms with Gasteiger partial charge in [-0.2, -0.15) is 0 Å². The first-order valence-corrected chi connectivity index (χ1v) is 9.18. The van der Waals surface area contributed by atoms with Gasteiger partial charge in [0, 0.05) is 55.5 Å². The van der Waals surface area contributed by atoms with Crippen molar-refractivity contribution in [1.29, 1.82) is 0 Å². The molecule has 0 radical (unpaired) electrons. The van der Waals surface area contributed by atoms with E-state index >= 15 is 0 Å². The Labute approximate surface area is 159 Å². The maximum Gasteiger partial charge on any atom is 0.251 e. The lowest BCUT2D eigenvalue weighted by Crippen LogP contribution is -2.48. The number of benzene rings is 2. The number of hydrogen-bond donors (Lipinski definition) is 1. The van der Waals surface area contributed by atoms with E-state index in [1.165, 1.54) is 5.69 Å². The molecule has 2 aromatic carbocycles. The summed E-state index contributed by atoms with van der Waals surface area (Å²) in [5.74, 6) is 0.701. The molecule has 0 saturated carbocycles. The molecule has 138 valence electrons. The summed E-state index contributed by atoms with van der Waals surface area (Å²) in [5, 5.41) is 3.75. The highest BCUT2D eigenvalue weighted by Crippen LogP contribution is 2.19. The highest BCUT2D eigenvalue weighted by atomic mass is 35.5. The molecule has 0 aromatic heterocycles. The number of ether oxygens (including phenoxy) is 1. The lowest BCUT2D eigenvalue weighted by molar-refractivity contribution is 0.0947. The van der Waals surface area contributed by atoms with Crippen molar-refractivity contribution in [2.24, 2.45) is 0 Å². The van der Waals surface area contributed by atoms with Gasteiger partial charge in [0.15, 0.2) is 0 Å². The van der Waals surface area contributed by atoms with Crippen molar-refractivity contribution >= 4 is 23.2 Å². The molecule has 0 aliphatic carbocycles. The molecule has 0 atom stereocenters. The zero-order chi connectivity index (χ0) is 18.4. The highest BCUT2D eigenvalue weighted by Gasteiger charge is 2.17. The first-order chi connectivity index (χ1) is 12.7. The maximum absolute atomic E-state index is 12.2. The van der Waals surface area contributed by atoms with E-state index in [1.54, 1.807) is 31.4 Å². The van der Waals surface area contributed by atoms with Gasteiger partial charge in [-0.15, -0.1) is 0 Å². The fraction of sp³-hybridized carbons (Fsp3) is 0.350. The third kappa shape index (κ3) is 4.90. The molecule has 0 bridgehead atoms. The number of carbonyl (C=O) groups excluding carboxylic acids is 1. The summed E-state index contributed by atoms with van der Waals surface area (Å²) in [6.45, 7) is 5.44. The van der Waals surface area contributed by atoms with E-state index in [-0.39, 0.29) is 5.91 Å². The van der Waals surface area contributed by atoms with Gasteiger partial charge >= 0.3 is 0 Å². The molecule has 6 heteroatoms. The molecule has 1 aliphatic rings. The number of hydrogen-bond acceptors (Lipinski definition) is 4. The molecule has 1 aliphatic heterocycles. The van der Waals surface area contributed by atoms with E-state index in [4.69, 9.17) is 16.3 Å². The van der Waals surface area contributed by atoms with Crippen LogP contribution < -0.4 is 15.0 Å². The maximum atomic E-state index is 12.2. The first kappa shape index (κ1) is 18.5. The van der Waals surface area contributed by atoms with E-state index in [9.17, 15) is 4.79 Å². The van der Waals surface area contributed by atoms with Crippen LogP contribution in [0.1, 0.15) is 10.4 Å². The Morgan fingerprint density at radius 2 is 1.69 bits per heavy atom. The Balaban J connectivity index is 1.39. The van der Waals surface area contributed by atoms with Gasteiger partial charge in [0.1, 0.15) is 5.75 Å². The Hall–Kier alpha value is -2.24. The number of carbonyl (C=O) groups is 1.